The Morgan fingerprint density at radius 2 is 1.71 bits per heavy atom. The SMILES string of the molecule is COc1cc(C#CCNC(=O)OCC2c3ccccc3-c3ccccc32)ccc1C#N. The molecular formula is C26H20N2O3. The lowest BCUT2D eigenvalue weighted by Crippen LogP contribution is -2.26. The van der Waals surface area contributed by atoms with Crippen LogP contribution in [0.15, 0.2) is 66.7 Å². The number of nitriles is 1. The van der Waals surface area contributed by atoms with Gasteiger partial charge in [0.2, 0.25) is 0 Å². The summed E-state index contributed by atoms with van der Waals surface area (Å²) in [6.07, 6.45) is -0.506. The topological polar surface area (TPSA) is 71.3 Å². The van der Waals surface area contributed by atoms with E-state index in [4.69, 9.17) is 14.7 Å². The van der Waals surface area contributed by atoms with Gasteiger partial charge in [0.15, 0.2) is 0 Å². The largest absolute Gasteiger partial charge is 0.495 e. The minimum absolute atomic E-state index is 0.0235. The quantitative estimate of drug-likeness (QED) is 0.647. The second-order valence-electron chi connectivity index (χ2n) is 7.01. The molecule has 0 radical (unpaired) electrons. The first-order valence-corrected chi connectivity index (χ1v) is 9.87. The minimum Gasteiger partial charge on any atom is -0.495 e. The maximum Gasteiger partial charge on any atom is 0.407 e. The molecule has 0 atom stereocenters. The molecule has 3 aromatic rings. The van der Waals surface area contributed by atoms with Crippen molar-refractivity contribution in [3.05, 3.63) is 89.0 Å². The van der Waals surface area contributed by atoms with Crippen LogP contribution >= 0.6 is 0 Å². The number of carbonyl (C=O) groups excluding carboxylic acids is 1. The van der Waals surface area contributed by atoms with Crippen LogP contribution in [0.1, 0.15) is 28.2 Å². The molecule has 0 spiro atoms. The minimum atomic E-state index is -0.506. The highest BCUT2D eigenvalue weighted by atomic mass is 16.5. The Hall–Kier alpha value is -4.22. The van der Waals surface area contributed by atoms with Crippen molar-refractivity contribution in [1.82, 2.24) is 5.32 Å². The van der Waals surface area contributed by atoms with Crippen molar-refractivity contribution in [2.75, 3.05) is 20.3 Å². The molecule has 3 aromatic carbocycles. The summed E-state index contributed by atoms with van der Waals surface area (Å²) in [7, 11) is 1.51. The molecule has 1 aliphatic rings. The highest BCUT2D eigenvalue weighted by Crippen LogP contribution is 2.44. The third-order valence-corrected chi connectivity index (χ3v) is 5.22. The Kier molecular flexibility index (Phi) is 5.87. The predicted octanol–water partition coefficient (Wildman–Crippen LogP) is 4.46. The Bertz CT molecular complexity index is 1190. The van der Waals surface area contributed by atoms with Gasteiger partial charge in [0.1, 0.15) is 18.4 Å². The van der Waals surface area contributed by atoms with Gasteiger partial charge in [-0.15, -0.1) is 0 Å². The van der Waals surface area contributed by atoms with Crippen LogP contribution in [0.3, 0.4) is 0 Å². The second-order valence-corrected chi connectivity index (χ2v) is 7.01. The third kappa shape index (κ3) is 4.22. The molecule has 0 fully saturated rings. The van der Waals surface area contributed by atoms with E-state index in [1.807, 2.05) is 24.3 Å². The Morgan fingerprint density at radius 3 is 2.35 bits per heavy atom. The summed E-state index contributed by atoms with van der Waals surface area (Å²) in [5.41, 5.74) is 5.87. The summed E-state index contributed by atoms with van der Waals surface area (Å²) >= 11 is 0. The number of nitrogens with zero attached hydrogens (tertiary/aromatic N) is 1. The number of hydrogen-bond donors (Lipinski definition) is 1. The van der Waals surface area contributed by atoms with E-state index in [0.717, 1.165) is 0 Å². The first-order valence-electron chi connectivity index (χ1n) is 9.87. The molecule has 0 aromatic heterocycles. The summed E-state index contributed by atoms with van der Waals surface area (Å²) in [5, 5.41) is 11.7. The number of fused-ring (bicyclic) bond motifs is 3. The molecule has 5 heteroatoms. The van der Waals surface area contributed by atoms with E-state index < -0.39 is 6.09 Å². The summed E-state index contributed by atoms with van der Waals surface area (Å²) in [6.45, 7) is 0.416. The zero-order valence-corrected chi connectivity index (χ0v) is 17.0. The van der Waals surface area contributed by atoms with Gasteiger partial charge < -0.3 is 14.8 Å². The zero-order chi connectivity index (χ0) is 21.6. The van der Waals surface area contributed by atoms with Gasteiger partial charge in [0.05, 0.1) is 19.2 Å². The van der Waals surface area contributed by atoms with E-state index in [0.29, 0.717) is 16.9 Å². The number of carbonyl (C=O) groups is 1. The van der Waals surface area contributed by atoms with Crippen LogP contribution in [-0.2, 0) is 4.74 Å². The fraction of sp³-hybridized carbons (Fsp3) is 0.154. The molecule has 4 rings (SSSR count). The summed E-state index contributed by atoms with van der Waals surface area (Å²) in [5.74, 6) is 6.31. The summed E-state index contributed by atoms with van der Waals surface area (Å²) in [6, 6.07) is 23.6. The lowest BCUT2D eigenvalue weighted by molar-refractivity contribution is 0.144. The van der Waals surface area contributed by atoms with Gasteiger partial charge in [-0.1, -0.05) is 60.4 Å². The molecule has 31 heavy (non-hydrogen) atoms. The van der Waals surface area contributed by atoms with Crippen LogP contribution < -0.4 is 10.1 Å². The van der Waals surface area contributed by atoms with Gasteiger partial charge >= 0.3 is 6.09 Å². The van der Waals surface area contributed by atoms with E-state index >= 15 is 0 Å². The van der Waals surface area contributed by atoms with Crippen molar-refractivity contribution in [2.24, 2.45) is 0 Å². The normalized spacial score (nSPS) is 11.4. The second kappa shape index (κ2) is 9.07. The summed E-state index contributed by atoms with van der Waals surface area (Å²) in [4.78, 5) is 12.2. The van der Waals surface area contributed by atoms with Gasteiger partial charge in [-0.05, 0) is 40.5 Å². The summed E-state index contributed by atoms with van der Waals surface area (Å²) < 4.78 is 10.7. The lowest BCUT2D eigenvalue weighted by Gasteiger charge is -2.14. The number of nitrogens with one attached hydrogen (secondary N) is 1. The van der Waals surface area contributed by atoms with Crippen LogP contribution in [0.5, 0.6) is 5.75 Å². The smallest absolute Gasteiger partial charge is 0.407 e. The molecule has 0 saturated carbocycles. The Balaban J connectivity index is 1.34. The van der Waals surface area contributed by atoms with Gasteiger partial charge in [-0.25, -0.2) is 4.79 Å². The molecule has 0 unspecified atom stereocenters. The van der Waals surface area contributed by atoms with E-state index in [2.05, 4.69) is 47.5 Å². The average molecular weight is 408 g/mol. The zero-order valence-electron chi connectivity index (χ0n) is 17.0. The van der Waals surface area contributed by atoms with Crippen LogP contribution in [0.4, 0.5) is 4.79 Å². The van der Waals surface area contributed by atoms with Gasteiger partial charge in [-0.3, -0.25) is 0 Å². The fourth-order valence-corrected chi connectivity index (χ4v) is 3.77. The van der Waals surface area contributed by atoms with Crippen molar-refractivity contribution in [3.63, 3.8) is 0 Å². The Labute approximate surface area is 181 Å². The van der Waals surface area contributed by atoms with Crippen LogP contribution in [0, 0.1) is 23.2 Å². The lowest BCUT2D eigenvalue weighted by atomic mass is 9.98. The van der Waals surface area contributed by atoms with Crippen molar-refractivity contribution in [2.45, 2.75) is 5.92 Å². The molecule has 0 aliphatic heterocycles. The third-order valence-electron chi connectivity index (χ3n) is 5.22. The molecule has 1 N–H and O–H groups in total. The number of alkyl carbamates (subject to hydrolysis) is 1. The highest BCUT2D eigenvalue weighted by molar-refractivity contribution is 5.79. The number of ether oxygens (including phenoxy) is 2. The van der Waals surface area contributed by atoms with Crippen molar-refractivity contribution >= 4 is 6.09 Å². The first-order chi connectivity index (χ1) is 15.2. The van der Waals surface area contributed by atoms with E-state index in [1.54, 1.807) is 18.2 Å². The van der Waals surface area contributed by atoms with E-state index in [-0.39, 0.29) is 19.1 Å². The van der Waals surface area contributed by atoms with Crippen molar-refractivity contribution in [1.29, 1.82) is 5.26 Å². The first kappa shape index (κ1) is 20.1. The molecule has 152 valence electrons. The molecule has 1 amide bonds. The molecule has 0 bridgehead atoms. The molecular weight excluding hydrogens is 388 g/mol. The molecule has 0 heterocycles. The number of hydrogen-bond acceptors (Lipinski definition) is 4. The average Bonchev–Trinajstić information content (AvgIpc) is 3.14. The van der Waals surface area contributed by atoms with Gasteiger partial charge in [0, 0.05) is 11.5 Å². The molecule has 1 aliphatic carbocycles. The molecule has 5 nitrogen and oxygen atoms in total. The maximum atomic E-state index is 12.2. The number of rotatable bonds is 4. The monoisotopic (exact) mass is 408 g/mol. The predicted molar refractivity (Wildman–Crippen MR) is 118 cm³/mol. The van der Waals surface area contributed by atoms with Crippen molar-refractivity contribution < 1.29 is 14.3 Å². The van der Waals surface area contributed by atoms with Gasteiger partial charge in [0.25, 0.3) is 0 Å². The van der Waals surface area contributed by atoms with Crippen LogP contribution in [0.2, 0.25) is 0 Å². The van der Waals surface area contributed by atoms with E-state index in [1.165, 1.54) is 29.4 Å². The standard InChI is InChI=1S/C26H20N2O3/c1-30-25-15-18(12-13-19(25)16-27)7-6-14-28-26(29)31-17-24-22-10-4-2-8-20(22)21-9-3-5-11-23(21)24/h2-5,8-13,15,24H,14,17H2,1H3,(H,28,29). The molecule has 0 saturated heterocycles. The van der Waals surface area contributed by atoms with E-state index in [9.17, 15) is 4.79 Å². The highest BCUT2D eigenvalue weighted by Gasteiger charge is 2.28. The number of amides is 1. The number of benzene rings is 3. The number of methoxy groups -OCH3 is 1. The fourth-order valence-electron chi connectivity index (χ4n) is 3.77. The van der Waals surface area contributed by atoms with Crippen LogP contribution in [-0.4, -0.2) is 26.4 Å². The van der Waals surface area contributed by atoms with Crippen LogP contribution in [0.25, 0.3) is 11.1 Å². The van der Waals surface area contributed by atoms with Gasteiger partial charge in [-0.2, -0.15) is 5.26 Å². The maximum absolute atomic E-state index is 12.2. The Morgan fingerprint density at radius 1 is 1.03 bits per heavy atom. The van der Waals surface area contributed by atoms with Crippen molar-refractivity contribution in [3.8, 4) is 34.8 Å².